The summed E-state index contributed by atoms with van der Waals surface area (Å²) in [7, 11) is 0. The van der Waals surface area contributed by atoms with E-state index in [1.807, 2.05) is 6.07 Å². The van der Waals surface area contributed by atoms with E-state index in [2.05, 4.69) is 45.1 Å². The Morgan fingerprint density at radius 1 is 1.33 bits per heavy atom. The van der Waals surface area contributed by atoms with E-state index in [1.54, 1.807) is 0 Å². The zero-order valence-corrected chi connectivity index (χ0v) is 10.7. The normalized spacial score (nSPS) is 13.2. The molecule has 1 rings (SSSR count). The van der Waals surface area contributed by atoms with Gasteiger partial charge in [-0.3, -0.25) is 0 Å². The Hall–Kier alpha value is -0.530. The molecule has 0 aliphatic rings. The van der Waals surface area contributed by atoms with Crippen LogP contribution in [0.1, 0.15) is 37.9 Å². The minimum Gasteiger partial charge on any atom is -0.310 e. The van der Waals surface area contributed by atoms with Crippen molar-refractivity contribution in [2.75, 3.05) is 6.54 Å². The molecule has 2 heteroatoms. The first kappa shape index (κ1) is 12.5. The Bertz CT molecular complexity index is 320. The van der Waals surface area contributed by atoms with Crippen LogP contribution >= 0.6 is 11.6 Å². The summed E-state index contributed by atoms with van der Waals surface area (Å²) in [5.74, 6) is 0.588. The zero-order valence-electron chi connectivity index (χ0n) is 9.97. The lowest BCUT2D eigenvalue weighted by Gasteiger charge is -2.22. The molecule has 1 aromatic rings. The van der Waals surface area contributed by atoms with Crippen LogP contribution in [0, 0.1) is 12.8 Å². The van der Waals surface area contributed by atoms with Gasteiger partial charge in [-0.15, -0.1) is 0 Å². The van der Waals surface area contributed by atoms with E-state index in [0.29, 0.717) is 12.0 Å². The summed E-state index contributed by atoms with van der Waals surface area (Å²) in [5, 5.41) is 4.35. The lowest BCUT2D eigenvalue weighted by Crippen LogP contribution is -2.25. The van der Waals surface area contributed by atoms with Gasteiger partial charge in [0.2, 0.25) is 0 Å². The smallest absolute Gasteiger partial charge is 0.0435 e. The molecule has 0 amide bonds. The van der Waals surface area contributed by atoms with E-state index in [-0.39, 0.29) is 0 Å². The van der Waals surface area contributed by atoms with Crippen LogP contribution in [0.25, 0.3) is 0 Å². The van der Waals surface area contributed by atoms with Crippen LogP contribution in [0.2, 0.25) is 5.02 Å². The van der Waals surface area contributed by atoms with Gasteiger partial charge in [0.1, 0.15) is 0 Å². The highest BCUT2D eigenvalue weighted by atomic mass is 35.5. The van der Waals surface area contributed by atoms with Crippen molar-refractivity contribution < 1.29 is 0 Å². The SMILES string of the molecule is CCNC(c1ccc(Cl)c(C)c1)C(C)C. The minimum atomic E-state index is 0.422. The van der Waals surface area contributed by atoms with E-state index in [9.17, 15) is 0 Å². The van der Waals surface area contributed by atoms with Crippen LogP contribution in [-0.4, -0.2) is 6.54 Å². The molecule has 1 N–H and O–H groups in total. The quantitative estimate of drug-likeness (QED) is 0.818. The molecular weight excluding hydrogens is 206 g/mol. The van der Waals surface area contributed by atoms with Crippen LogP contribution in [0.5, 0.6) is 0 Å². The summed E-state index contributed by atoms with van der Waals surface area (Å²) in [6, 6.07) is 6.70. The third-order valence-electron chi connectivity index (χ3n) is 2.63. The monoisotopic (exact) mass is 225 g/mol. The number of hydrogen-bond donors (Lipinski definition) is 1. The summed E-state index contributed by atoms with van der Waals surface area (Å²) in [6.07, 6.45) is 0. The highest BCUT2D eigenvalue weighted by Gasteiger charge is 2.14. The van der Waals surface area contributed by atoms with E-state index in [1.165, 1.54) is 5.56 Å². The van der Waals surface area contributed by atoms with Crippen molar-refractivity contribution in [2.24, 2.45) is 5.92 Å². The number of aryl methyl sites for hydroxylation is 1. The van der Waals surface area contributed by atoms with Crippen molar-refractivity contribution >= 4 is 11.6 Å². The average molecular weight is 226 g/mol. The van der Waals surface area contributed by atoms with Crippen LogP contribution in [0.4, 0.5) is 0 Å². The lowest BCUT2D eigenvalue weighted by molar-refractivity contribution is 0.421. The average Bonchev–Trinajstić information content (AvgIpc) is 2.18. The standard InChI is InChI=1S/C13H20ClN/c1-5-15-13(9(2)3)11-6-7-12(14)10(4)8-11/h6-9,13,15H,5H2,1-4H3. The van der Waals surface area contributed by atoms with Crippen molar-refractivity contribution in [2.45, 2.75) is 33.7 Å². The van der Waals surface area contributed by atoms with E-state index in [4.69, 9.17) is 11.6 Å². The van der Waals surface area contributed by atoms with Gasteiger partial charge in [0, 0.05) is 11.1 Å². The number of rotatable bonds is 4. The van der Waals surface area contributed by atoms with Crippen LogP contribution in [0.15, 0.2) is 18.2 Å². The molecule has 0 radical (unpaired) electrons. The second-order valence-corrected chi connectivity index (χ2v) is 4.70. The molecule has 15 heavy (non-hydrogen) atoms. The van der Waals surface area contributed by atoms with E-state index < -0.39 is 0 Å². The summed E-state index contributed by atoms with van der Waals surface area (Å²) >= 11 is 6.02. The molecule has 1 aromatic carbocycles. The predicted molar refractivity (Wildman–Crippen MR) is 67.4 cm³/mol. The molecule has 1 unspecified atom stereocenters. The predicted octanol–water partition coefficient (Wildman–Crippen LogP) is 3.96. The molecule has 0 spiro atoms. The second-order valence-electron chi connectivity index (χ2n) is 4.29. The van der Waals surface area contributed by atoms with E-state index >= 15 is 0 Å². The number of nitrogens with one attached hydrogen (secondary N) is 1. The number of halogens is 1. The van der Waals surface area contributed by atoms with E-state index in [0.717, 1.165) is 17.1 Å². The fourth-order valence-electron chi connectivity index (χ4n) is 1.82. The summed E-state index contributed by atoms with van der Waals surface area (Å²) < 4.78 is 0. The highest BCUT2D eigenvalue weighted by Crippen LogP contribution is 2.25. The summed E-state index contributed by atoms with van der Waals surface area (Å²) in [5.41, 5.74) is 2.48. The first-order valence-corrected chi connectivity index (χ1v) is 5.93. The molecule has 0 aliphatic carbocycles. The molecular formula is C13H20ClN. The molecule has 0 saturated heterocycles. The largest absolute Gasteiger partial charge is 0.310 e. The maximum atomic E-state index is 6.02. The number of hydrogen-bond acceptors (Lipinski definition) is 1. The van der Waals surface area contributed by atoms with Crippen molar-refractivity contribution in [3.8, 4) is 0 Å². The van der Waals surface area contributed by atoms with Crippen molar-refractivity contribution in [3.05, 3.63) is 34.3 Å². The Kier molecular flexibility index (Phi) is 4.62. The van der Waals surface area contributed by atoms with Gasteiger partial charge in [-0.05, 0) is 36.6 Å². The first-order chi connectivity index (χ1) is 7.06. The third kappa shape index (κ3) is 3.22. The van der Waals surface area contributed by atoms with Gasteiger partial charge in [-0.1, -0.05) is 44.5 Å². The minimum absolute atomic E-state index is 0.422. The molecule has 0 saturated carbocycles. The van der Waals surface area contributed by atoms with Crippen LogP contribution in [-0.2, 0) is 0 Å². The Morgan fingerprint density at radius 3 is 2.47 bits per heavy atom. The molecule has 0 fully saturated rings. The maximum Gasteiger partial charge on any atom is 0.0435 e. The van der Waals surface area contributed by atoms with Gasteiger partial charge in [0.15, 0.2) is 0 Å². The Labute approximate surface area is 97.8 Å². The van der Waals surface area contributed by atoms with Crippen molar-refractivity contribution in [3.63, 3.8) is 0 Å². The fraction of sp³-hybridized carbons (Fsp3) is 0.538. The molecule has 0 heterocycles. The molecule has 0 aromatic heterocycles. The Morgan fingerprint density at radius 2 is 2.00 bits per heavy atom. The molecule has 0 bridgehead atoms. The van der Waals surface area contributed by atoms with Gasteiger partial charge in [-0.25, -0.2) is 0 Å². The Balaban J connectivity index is 2.95. The molecule has 0 aliphatic heterocycles. The summed E-state index contributed by atoms with van der Waals surface area (Å²) in [4.78, 5) is 0. The van der Waals surface area contributed by atoms with Crippen molar-refractivity contribution in [1.29, 1.82) is 0 Å². The van der Waals surface area contributed by atoms with Gasteiger partial charge in [0.05, 0.1) is 0 Å². The van der Waals surface area contributed by atoms with Gasteiger partial charge >= 0.3 is 0 Å². The lowest BCUT2D eigenvalue weighted by atomic mass is 9.95. The summed E-state index contributed by atoms with van der Waals surface area (Å²) in [6.45, 7) is 9.65. The highest BCUT2D eigenvalue weighted by molar-refractivity contribution is 6.31. The zero-order chi connectivity index (χ0) is 11.4. The fourth-order valence-corrected chi connectivity index (χ4v) is 1.94. The van der Waals surface area contributed by atoms with Gasteiger partial charge in [-0.2, -0.15) is 0 Å². The van der Waals surface area contributed by atoms with Crippen LogP contribution in [0.3, 0.4) is 0 Å². The van der Waals surface area contributed by atoms with Gasteiger partial charge < -0.3 is 5.32 Å². The maximum absolute atomic E-state index is 6.02. The second kappa shape index (κ2) is 5.53. The molecule has 1 atom stereocenters. The third-order valence-corrected chi connectivity index (χ3v) is 3.06. The topological polar surface area (TPSA) is 12.0 Å². The van der Waals surface area contributed by atoms with Crippen molar-refractivity contribution in [1.82, 2.24) is 5.32 Å². The molecule has 1 nitrogen and oxygen atoms in total. The van der Waals surface area contributed by atoms with Gasteiger partial charge in [0.25, 0.3) is 0 Å². The van der Waals surface area contributed by atoms with Crippen LogP contribution < -0.4 is 5.32 Å². The first-order valence-electron chi connectivity index (χ1n) is 5.55. The molecule has 84 valence electrons. The number of benzene rings is 1.